The van der Waals surface area contributed by atoms with E-state index >= 15 is 0 Å². The molecule has 0 amide bonds. The number of fused-ring (bicyclic) bond motifs is 1. The zero-order chi connectivity index (χ0) is 15.5. The second kappa shape index (κ2) is 6.46. The summed E-state index contributed by atoms with van der Waals surface area (Å²) in [4.78, 5) is 15.2. The van der Waals surface area contributed by atoms with E-state index in [1.165, 1.54) is 17.3 Å². The van der Waals surface area contributed by atoms with E-state index in [1.54, 1.807) is 18.2 Å². The van der Waals surface area contributed by atoms with E-state index in [9.17, 15) is 9.90 Å². The molecule has 5 heteroatoms. The van der Waals surface area contributed by atoms with Crippen LogP contribution in [0.25, 0.3) is 10.9 Å². The molecule has 0 aliphatic carbocycles. The van der Waals surface area contributed by atoms with Crippen molar-refractivity contribution in [1.82, 2.24) is 4.98 Å². The number of nitrogens with one attached hydrogen (secondary N) is 1. The van der Waals surface area contributed by atoms with E-state index in [4.69, 9.17) is 11.6 Å². The molecule has 0 bridgehead atoms. The SMILES string of the molecule is O=c1[nH]c2cc(Cl)ccc2c(O)c1SCCc1ccccc1. The van der Waals surface area contributed by atoms with Gasteiger partial charge in [0.25, 0.3) is 5.56 Å². The number of aromatic nitrogens is 1. The molecule has 0 radical (unpaired) electrons. The molecule has 22 heavy (non-hydrogen) atoms. The molecule has 0 atom stereocenters. The lowest BCUT2D eigenvalue weighted by Gasteiger charge is -2.07. The lowest BCUT2D eigenvalue weighted by Crippen LogP contribution is -2.09. The summed E-state index contributed by atoms with van der Waals surface area (Å²) in [5.41, 5.74) is 1.46. The highest BCUT2D eigenvalue weighted by Crippen LogP contribution is 2.32. The van der Waals surface area contributed by atoms with Gasteiger partial charge in [0.15, 0.2) is 0 Å². The van der Waals surface area contributed by atoms with Crippen molar-refractivity contribution >= 4 is 34.3 Å². The molecular formula is C17H14ClNO2S. The van der Waals surface area contributed by atoms with Crippen LogP contribution >= 0.6 is 23.4 Å². The monoisotopic (exact) mass is 331 g/mol. The molecule has 1 aromatic heterocycles. The third kappa shape index (κ3) is 3.13. The smallest absolute Gasteiger partial charge is 0.265 e. The van der Waals surface area contributed by atoms with Gasteiger partial charge in [0.05, 0.1) is 5.52 Å². The van der Waals surface area contributed by atoms with Crippen molar-refractivity contribution in [3.8, 4) is 5.75 Å². The van der Waals surface area contributed by atoms with Gasteiger partial charge in [-0.25, -0.2) is 0 Å². The summed E-state index contributed by atoms with van der Waals surface area (Å²) in [7, 11) is 0. The van der Waals surface area contributed by atoms with Crippen LogP contribution in [0.1, 0.15) is 5.56 Å². The van der Waals surface area contributed by atoms with Crippen molar-refractivity contribution < 1.29 is 5.11 Å². The van der Waals surface area contributed by atoms with Crippen molar-refractivity contribution in [3.05, 3.63) is 69.5 Å². The number of H-pyrrole nitrogens is 1. The molecule has 3 nitrogen and oxygen atoms in total. The van der Waals surface area contributed by atoms with Gasteiger partial charge < -0.3 is 10.1 Å². The van der Waals surface area contributed by atoms with Gasteiger partial charge in [-0.2, -0.15) is 0 Å². The minimum Gasteiger partial charge on any atom is -0.506 e. The average Bonchev–Trinajstić information content (AvgIpc) is 2.51. The number of thioether (sulfide) groups is 1. The third-order valence-corrected chi connectivity index (χ3v) is 4.70. The highest BCUT2D eigenvalue weighted by atomic mass is 35.5. The summed E-state index contributed by atoms with van der Waals surface area (Å²) in [6.07, 6.45) is 0.836. The van der Waals surface area contributed by atoms with E-state index in [1.807, 2.05) is 30.3 Å². The van der Waals surface area contributed by atoms with Crippen LogP contribution in [0.4, 0.5) is 0 Å². The van der Waals surface area contributed by atoms with E-state index in [0.717, 1.165) is 12.2 Å². The first-order chi connectivity index (χ1) is 10.6. The maximum atomic E-state index is 12.1. The maximum Gasteiger partial charge on any atom is 0.265 e. The molecule has 3 rings (SSSR count). The molecule has 0 spiro atoms. The first-order valence-electron chi connectivity index (χ1n) is 6.86. The molecule has 0 fully saturated rings. The zero-order valence-electron chi connectivity index (χ0n) is 11.7. The number of aromatic hydroxyl groups is 1. The van der Waals surface area contributed by atoms with Crippen molar-refractivity contribution in [3.63, 3.8) is 0 Å². The highest BCUT2D eigenvalue weighted by Gasteiger charge is 2.12. The predicted molar refractivity (Wildman–Crippen MR) is 92.1 cm³/mol. The number of halogens is 1. The highest BCUT2D eigenvalue weighted by molar-refractivity contribution is 7.99. The number of hydrogen-bond acceptors (Lipinski definition) is 3. The summed E-state index contributed by atoms with van der Waals surface area (Å²) in [5.74, 6) is 0.744. The molecule has 2 aromatic carbocycles. The summed E-state index contributed by atoms with van der Waals surface area (Å²) in [6, 6.07) is 15.1. The molecule has 0 unspecified atom stereocenters. The maximum absolute atomic E-state index is 12.1. The second-order valence-electron chi connectivity index (χ2n) is 4.91. The summed E-state index contributed by atoms with van der Waals surface area (Å²) in [6.45, 7) is 0. The Kier molecular flexibility index (Phi) is 4.41. The molecule has 3 aromatic rings. The quantitative estimate of drug-likeness (QED) is 0.704. The minimum absolute atomic E-state index is 0.0217. The molecule has 0 saturated carbocycles. The second-order valence-corrected chi connectivity index (χ2v) is 6.45. The van der Waals surface area contributed by atoms with Crippen molar-refractivity contribution in [2.24, 2.45) is 0 Å². The largest absolute Gasteiger partial charge is 0.506 e. The summed E-state index contributed by atoms with van der Waals surface area (Å²) >= 11 is 7.27. The predicted octanol–water partition coefficient (Wildman–Crippen LogP) is 4.22. The Balaban J connectivity index is 1.84. The van der Waals surface area contributed by atoms with Crippen molar-refractivity contribution in [2.45, 2.75) is 11.3 Å². The van der Waals surface area contributed by atoms with Gasteiger partial charge in [-0.15, -0.1) is 11.8 Å². The van der Waals surface area contributed by atoms with Gasteiger partial charge in [0.2, 0.25) is 0 Å². The Labute approximate surface area is 137 Å². The molecule has 0 aliphatic heterocycles. The molecule has 0 aliphatic rings. The van der Waals surface area contributed by atoms with E-state index in [0.29, 0.717) is 20.8 Å². The topological polar surface area (TPSA) is 53.1 Å². The van der Waals surface area contributed by atoms with Gasteiger partial charge in [-0.1, -0.05) is 41.9 Å². The van der Waals surface area contributed by atoms with Crippen LogP contribution in [0.3, 0.4) is 0 Å². The average molecular weight is 332 g/mol. The number of rotatable bonds is 4. The fraction of sp³-hybridized carbons (Fsp3) is 0.118. The molecular weight excluding hydrogens is 318 g/mol. The Hall–Kier alpha value is -1.91. The fourth-order valence-corrected chi connectivity index (χ4v) is 3.43. The lowest BCUT2D eigenvalue weighted by molar-refractivity contribution is 0.467. The van der Waals surface area contributed by atoms with Crippen LogP contribution in [0, 0.1) is 0 Å². The number of hydrogen-bond donors (Lipinski definition) is 2. The van der Waals surface area contributed by atoms with Crippen LogP contribution < -0.4 is 5.56 Å². The van der Waals surface area contributed by atoms with Crippen molar-refractivity contribution in [2.75, 3.05) is 5.75 Å². The first-order valence-corrected chi connectivity index (χ1v) is 8.23. The minimum atomic E-state index is -0.287. The van der Waals surface area contributed by atoms with Crippen LogP contribution in [-0.2, 0) is 6.42 Å². The van der Waals surface area contributed by atoms with Gasteiger partial charge >= 0.3 is 0 Å². The van der Waals surface area contributed by atoms with Crippen LogP contribution in [0.15, 0.2) is 58.2 Å². The summed E-state index contributed by atoms with van der Waals surface area (Å²) < 4.78 is 0. The standard InChI is InChI=1S/C17H14ClNO2S/c18-12-6-7-13-14(10-12)19-17(21)16(15(13)20)22-9-8-11-4-2-1-3-5-11/h1-7,10H,8-9H2,(H2,19,20,21). The van der Waals surface area contributed by atoms with Crippen LogP contribution in [0.5, 0.6) is 5.75 Å². The molecule has 0 saturated heterocycles. The van der Waals surface area contributed by atoms with Crippen LogP contribution in [0.2, 0.25) is 5.02 Å². The third-order valence-electron chi connectivity index (χ3n) is 3.39. The number of pyridine rings is 1. The number of aryl methyl sites for hydroxylation is 1. The van der Waals surface area contributed by atoms with E-state index in [-0.39, 0.29) is 11.3 Å². The van der Waals surface area contributed by atoms with Crippen LogP contribution in [-0.4, -0.2) is 15.8 Å². The van der Waals surface area contributed by atoms with Crippen molar-refractivity contribution in [1.29, 1.82) is 0 Å². The Morgan fingerprint density at radius 3 is 2.68 bits per heavy atom. The van der Waals surface area contributed by atoms with Gasteiger partial charge in [-0.05, 0) is 30.2 Å². The zero-order valence-corrected chi connectivity index (χ0v) is 13.2. The molecule has 1 heterocycles. The van der Waals surface area contributed by atoms with Gasteiger partial charge in [0.1, 0.15) is 10.6 Å². The van der Waals surface area contributed by atoms with Gasteiger partial charge in [-0.3, -0.25) is 4.79 Å². The Morgan fingerprint density at radius 1 is 1.14 bits per heavy atom. The first kappa shape index (κ1) is 15.0. The fourth-order valence-electron chi connectivity index (χ4n) is 2.28. The summed E-state index contributed by atoms with van der Waals surface area (Å²) in [5, 5.41) is 11.5. The van der Waals surface area contributed by atoms with E-state index < -0.39 is 0 Å². The van der Waals surface area contributed by atoms with E-state index in [2.05, 4.69) is 4.98 Å². The Morgan fingerprint density at radius 2 is 1.91 bits per heavy atom. The Bertz CT molecular complexity index is 862. The molecule has 112 valence electrons. The molecule has 2 N–H and O–H groups in total. The number of aromatic amines is 1. The van der Waals surface area contributed by atoms with Gasteiger partial charge in [0, 0.05) is 16.2 Å². The number of benzene rings is 2. The normalized spacial score (nSPS) is 11.0. The lowest BCUT2D eigenvalue weighted by atomic mass is 10.2.